The molecule has 2 aliphatic rings. The topological polar surface area (TPSA) is 80.3 Å². The van der Waals surface area contributed by atoms with Gasteiger partial charge in [0.15, 0.2) is 11.5 Å². The van der Waals surface area contributed by atoms with Crippen molar-refractivity contribution in [2.75, 3.05) is 50.3 Å². The average molecular weight is 494 g/mol. The van der Waals surface area contributed by atoms with E-state index in [9.17, 15) is 9.59 Å². The number of piperazine rings is 1. The summed E-state index contributed by atoms with van der Waals surface area (Å²) >= 11 is 6.09. The van der Waals surface area contributed by atoms with Gasteiger partial charge in [-0.3, -0.25) is 9.59 Å². The second-order valence-electron chi connectivity index (χ2n) is 8.19. The van der Waals surface area contributed by atoms with Gasteiger partial charge in [-0.05, 0) is 60.7 Å². The number of methoxy groups -OCH3 is 1. The van der Waals surface area contributed by atoms with Gasteiger partial charge in [-0.1, -0.05) is 11.6 Å². The number of benzene rings is 3. The molecule has 35 heavy (non-hydrogen) atoms. The van der Waals surface area contributed by atoms with Gasteiger partial charge in [-0.2, -0.15) is 0 Å². The Balaban J connectivity index is 1.18. The Morgan fingerprint density at radius 3 is 2.40 bits per heavy atom. The summed E-state index contributed by atoms with van der Waals surface area (Å²) in [5.41, 5.74) is 2.68. The molecule has 1 saturated heterocycles. The number of carbonyl (C=O) groups is 2. The Morgan fingerprint density at radius 2 is 1.66 bits per heavy atom. The summed E-state index contributed by atoms with van der Waals surface area (Å²) in [4.78, 5) is 29.6. The smallest absolute Gasteiger partial charge is 0.257 e. The number of hydrogen-bond acceptors (Lipinski definition) is 6. The Morgan fingerprint density at radius 1 is 0.914 bits per heavy atom. The minimum Gasteiger partial charge on any atom is -0.496 e. The van der Waals surface area contributed by atoms with E-state index in [-0.39, 0.29) is 18.6 Å². The fraction of sp³-hybridized carbons (Fsp3) is 0.231. The van der Waals surface area contributed by atoms with Gasteiger partial charge >= 0.3 is 0 Å². The van der Waals surface area contributed by atoms with Gasteiger partial charge in [0.2, 0.25) is 6.79 Å². The maximum atomic E-state index is 13.0. The third kappa shape index (κ3) is 4.83. The number of hydrogen-bond donors (Lipinski definition) is 1. The molecule has 0 radical (unpaired) electrons. The van der Waals surface area contributed by atoms with Crippen molar-refractivity contribution in [3.8, 4) is 17.2 Å². The standard InChI is InChI=1S/C26H24ClN3O5/c1-33-22-9-3-18(27)15-21(22)26(32)30-12-10-29(11-13-30)20-6-4-19(5-7-20)28-25(31)17-2-8-23-24(14-17)35-16-34-23/h2-9,14-15H,10-13,16H2,1H3,(H,28,31). The van der Waals surface area contributed by atoms with Crippen LogP contribution >= 0.6 is 11.6 Å². The van der Waals surface area contributed by atoms with E-state index < -0.39 is 0 Å². The van der Waals surface area contributed by atoms with Crippen LogP contribution < -0.4 is 24.4 Å². The van der Waals surface area contributed by atoms with Crippen molar-refractivity contribution in [3.05, 3.63) is 76.8 Å². The van der Waals surface area contributed by atoms with E-state index in [1.807, 2.05) is 29.2 Å². The van der Waals surface area contributed by atoms with Crippen LogP contribution in [0.1, 0.15) is 20.7 Å². The summed E-state index contributed by atoms with van der Waals surface area (Å²) < 4.78 is 16.0. The number of ether oxygens (including phenoxy) is 3. The molecule has 0 spiro atoms. The molecule has 1 N–H and O–H groups in total. The van der Waals surface area contributed by atoms with Crippen LogP contribution in [0, 0.1) is 0 Å². The first kappa shape index (κ1) is 22.9. The molecule has 3 aromatic carbocycles. The molecule has 0 aromatic heterocycles. The molecule has 0 saturated carbocycles. The first-order chi connectivity index (χ1) is 17.0. The average Bonchev–Trinajstić information content (AvgIpc) is 3.37. The lowest BCUT2D eigenvalue weighted by molar-refractivity contribution is 0.0743. The summed E-state index contributed by atoms with van der Waals surface area (Å²) in [6, 6.07) is 17.8. The Labute approximate surface area is 207 Å². The van der Waals surface area contributed by atoms with Crippen molar-refractivity contribution in [2.24, 2.45) is 0 Å². The largest absolute Gasteiger partial charge is 0.496 e. The molecule has 0 unspecified atom stereocenters. The summed E-state index contributed by atoms with van der Waals surface area (Å²) in [6.45, 7) is 2.71. The van der Waals surface area contributed by atoms with Crippen molar-refractivity contribution in [3.63, 3.8) is 0 Å². The highest BCUT2D eigenvalue weighted by atomic mass is 35.5. The van der Waals surface area contributed by atoms with Gasteiger partial charge in [-0.15, -0.1) is 0 Å². The number of carbonyl (C=O) groups excluding carboxylic acids is 2. The summed E-state index contributed by atoms with van der Waals surface area (Å²) in [7, 11) is 1.54. The number of halogens is 1. The lowest BCUT2D eigenvalue weighted by Gasteiger charge is -2.36. The van der Waals surface area contributed by atoms with Gasteiger partial charge < -0.3 is 29.3 Å². The van der Waals surface area contributed by atoms with E-state index in [2.05, 4.69) is 10.2 Å². The summed E-state index contributed by atoms with van der Waals surface area (Å²) in [5.74, 6) is 1.41. The molecule has 9 heteroatoms. The number of anilines is 2. The molecule has 0 atom stereocenters. The molecule has 8 nitrogen and oxygen atoms in total. The molecule has 0 aliphatic carbocycles. The van der Waals surface area contributed by atoms with Gasteiger partial charge in [0, 0.05) is 48.1 Å². The first-order valence-corrected chi connectivity index (χ1v) is 11.6. The fourth-order valence-corrected chi connectivity index (χ4v) is 4.35. The van der Waals surface area contributed by atoms with Crippen molar-refractivity contribution in [1.29, 1.82) is 0 Å². The predicted octanol–water partition coefficient (Wildman–Crippen LogP) is 4.29. The minimum atomic E-state index is -0.223. The molecule has 2 heterocycles. The zero-order chi connectivity index (χ0) is 24.4. The Bertz CT molecular complexity index is 1260. The predicted molar refractivity (Wildman–Crippen MR) is 133 cm³/mol. The molecule has 2 aliphatic heterocycles. The van der Waals surface area contributed by atoms with Crippen LogP contribution in [0.4, 0.5) is 11.4 Å². The Kier molecular flexibility index (Phi) is 6.37. The van der Waals surface area contributed by atoms with E-state index in [1.165, 1.54) is 0 Å². The van der Waals surface area contributed by atoms with Gasteiger partial charge in [0.25, 0.3) is 11.8 Å². The van der Waals surface area contributed by atoms with Crippen LogP contribution in [-0.4, -0.2) is 56.8 Å². The maximum absolute atomic E-state index is 13.0. The fourth-order valence-electron chi connectivity index (χ4n) is 4.18. The first-order valence-electron chi connectivity index (χ1n) is 11.2. The van der Waals surface area contributed by atoms with Gasteiger partial charge in [-0.25, -0.2) is 0 Å². The SMILES string of the molecule is COc1ccc(Cl)cc1C(=O)N1CCN(c2ccc(NC(=O)c3ccc4c(c3)OCO4)cc2)CC1. The third-order valence-electron chi connectivity index (χ3n) is 6.08. The zero-order valence-corrected chi connectivity index (χ0v) is 19.9. The second kappa shape index (κ2) is 9.76. The minimum absolute atomic E-state index is 0.0921. The van der Waals surface area contributed by atoms with E-state index >= 15 is 0 Å². The number of fused-ring (bicyclic) bond motifs is 1. The molecule has 180 valence electrons. The van der Waals surface area contributed by atoms with Crippen LogP contribution in [0.25, 0.3) is 0 Å². The maximum Gasteiger partial charge on any atom is 0.257 e. The molecule has 2 amide bonds. The van der Waals surface area contributed by atoms with Crippen molar-refractivity contribution < 1.29 is 23.8 Å². The molecule has 1 fully saturated rings. The highest BCUT2D eigenvalue weighted by Gasteiger charge is 2.25. The second-order valence-corrected chi connectivity index (χ2v) is 8.63. The highest BCUT2D eigenvalue weighted by Crippen LogP contribution is 2.33. The number of nitrogens with one attached hydrogen (secondary N) is 1. The Hall–Kier alpha value is -3.91. The van der Waals surface area contributed by atoms with E-state index in [4.69, 9.17) is 25.8 Å². The van der Waals surface area contributed by atoms with E-state index in [0.29, 0.717) is 65.3 Å². The normalized spacial score (nSPS) is 14.6. The van der Waals surface area contributed by atoms with Crippen molar-refractivity contribution in [1.82, 2.24) is 4.90 Å². The summed E-state index contributed by atoms with van der Waals surface area (Å²) in [5, 5.41) is 3.40. The molecular formula is C26H24ClN3O5. The van der Waals surface area contributed by atoms with Crippen molar-refractivity contribution in [2.45, 2.75) is 0 Å². The molecular weight excluding hydrogens is 470 g/mol. The highest BCUT2D eigenvalue weighted by molar-refractivity contribution is 6.31. The van der Waals surface area contributed by atoms with Crippen LogP contribution in [0.3, 0.4) is 0 Å². The number of rotatable bonds is 5. The van der Waals surface area contributed by atoms with E-state index in [0.717, 1.165) is 5.69 Å². The molecule has 5 rings (SSSR count). The van der Waals surface area contributed by atoms with Gasteiger partial charge in [0.1, 0.15) is 5.75 Å². The zero-order valence-electron chi connectivity index (χ0n) is 19.1. The lowest BCUT2D eigenvalue weighted by Crippen LogP contribution is -2.48. The monoisotopic (exact) mass is 493 g/mol. The van der Waals surface area contributed by atoms with Crippen LogP contribution in [0.15, 0.2) is 60.7 Å². The van der Waals surface area contributed by atoms with Crippen LogP contribution in [-0.2, 0) is 0 Å². The van der Waals surface area contributed by atoms with Gasteiger partial charge in [0.05, 0.1) is 12.7 Å². The number of amides is 2. The van der Waals surface area contributed by atoms with Crippen LogP contribution in [0.5, 0.6) is 17.2 Å². The quantitative estimate of drug-likeness (QED) is 0.571. The lowest BCUT2D eigenvalue weighted by atomic mass is 10.1. The molecule has 0 bridgehead atoms. The molecule has 3 aromatic rings. The number of nitrogens with zero attached hydrogens (tertiary/aromatic N) is 2. The third-order valence-corrected chi connectivity index (χ3v) is 6.32. The van der Waals surface area contributed by atoms with Crippen LogP contribution in [0.2, 0.25) is 5.02 Å². The van der Waals surface area contributed by atoms with E-state index in [1.54, 1.807) is 43.5 Å². The van der Waals surface area contributed by atoms with Crippen molar-refractivity contribution >= 4 is 34.8 Å². The summed E-state index contributed by atoms with van der Waals surface area (Å²) in [6.07, 6.45) is 0.